The van der Waals surface area contributed by atoms with Crippen LogP contribution in [0.25, 0.3) is 0 Å². The lowest BCUT2D eigenvalue weighted by Gasteiger charge is -2.36. The highest BCUT2D eigenvalue weighted by Gasteiger charge is 2.22. The third-order valence-electron chi connectivity index (χ3n) is 15.6. The maximum atomic E-state index is 9.45. The molecule has 1 aromatic rings. The average Bonchev–Trinajstić information content (AvgIpc) is 3.37. The first-order valence-electron chi connectivity index (χ1n) is 32.1. The highest BCUT2D eigenvalue weighted by molar-refractivity contribution is 5.71. The fourth-order valence-corrected chi connectivity index (χ4v) is 10.3. The van der Waals surface area contributed by atoms with E-state index in [1.807, 2.05) is 0 Å². The maximum Gasteiger partial charge on any atom is 0.332 e. The van der Waals surface area contributed by atoms with Crippen LogP contribution >= 0.6 is 0 Å². The summed E-state index contributed by atoms with van der Waals surface area (Å²) in [6, 6.07) is 12.6. The standard InChI is InChI=1S/C60H116N2.2C3H6O3/c1-9-13-17-21-25-29-33-37-41-45-55(5)61(56(6)46-42-38-34-30-26-22-18-14-10-2)53-59-49-51-60(52-50-59)54-62(57(7)47-43-39-35-31-27-23-19-15-11-3)58(8)48-44-40-36-32-28-24-20-16-12-4;2*1-2(4)3(5)6/h49-52,55-58H,9-48,53-54H2,1-8H3;2*2,4H,1H3,(H,5,6). The van der Waals surface area contributed by atoms with Gasteiger partial charge in [0.15, 0.2) is 0 Å². The Morgan fingerprint density at radius 2 is 0.473 bits per heavy atom. The number of carbonyl (C=O) groups is 2. The van der Waals surface area contributed by atoms with E-state index in [0.717, 1.165) is 13.1 Å². The number of benzene rings is 1. The van der Waals surface area contributed by atoms with Crippen molar-refractivity contribution in [3.8, 4) is 0 Å². The number of rotatable bonds is 50. The van der Waals surface area contributed by atoms with Crippen LogP contribution in [0.2, 0.25) is 0 Å². The molecular weight excluding hydrogens is 917 g/mol. The van der Waals surface area contributed by atoms with E-state index in [4.69, 9.17) is 20.4 Å². The smallest absolute Gasteiger partial charge is 0.332 e. The van der Waals surface area contributed by atoms with E-state index < -0.39 is 24.1 Å². The second kappa shape index (κ2) is 54.4. The quantitative estimate of drug-likeness (QED) is 0.0476. The minimum absolute atomic E-state index is 0.645. The van der Waals surface area contributed by atoms with Crippen LogP contribution in [-0.4, -0.2) is 78.5 Å². The van der Waals surface area contributed by atoms with Gasteiger partial charge < -0.3 is 20.4 Å². The van der Waals surface area contributed by atoms with Crippen LogP contribution in [0.4, 0.5) is 0 Å². The van der Waals surface area contributed by atoms with Gasteiger partial charge in [0.1, 0.15) is 12.2 Å². The number of unbranched alkanes of at least 4 members (excludes halogenated alkanes) is 32. The number of carboxylic acids is 2. The summed E-state index contributed by atoms with van der Waals surface area (Å²) < 4.78 is 0. The summed E-state index contributed by atoms with van der Waals surface area (Å²) in [5.41, 5.74) is 3.03. The number of nitrogens with zero attached hydrogens (tertiary/aromatic N) is 2. The number of aliphatic hydroxyl groups excluding tert-OH is 2. The van der Waals surface area contributed by atoms with Crippen molar-refractivity contribution in [2.24, 2.45) is 0 Å². The monoisotopic (exact) mass is 1040 g/mol. The van der Waals surface area contributed by atoms with Crippen LogP contribution in [0.5, 0.6) is 0 Å². The lowest BCUT2D eigenvalue weighted by atomic mass is 9.99. The lowest BCUT2D eigenvalue weighted by Crippen LogP contribution is -2.40. The second-order valence-electron chi connectivity index (χ2n) is 23.1. The molecule has 0 aromatic heterocycles. The molecule has 0 saturated carbocycles. The van der Waals surface area contributed by atoms with E-state index >= 15 is 0 Å². The van der Waals surface area contributed by atoms with E-state index in [-0.39, 0.29) is 0 Å². The molecule has 8 heteroatoms. The Morgan fingerprint density at radius 1 is 0.324 bits per heavy atom. The summed E-state index contributed by atoms with van der Waals surface area (Å²) in [5, 5.41) is 31.5. The minimum Gasteiger partial charge on any atom is -0.479 e. The summed E-state index contributed by atoms with van der Waals surface area (Å²) in [6.07, 6.45) is 54.1. The van der Waals surface area contributed by atoms with Gasteiger partial charge in [-0.05, 0) is 78.4 Å². The first-order valence-corrected chi connectivity index (χ1v) is 32.1. The van der Waals surface area contributed by atoms with E-state index in [0.29, 0.717) is 24.2 Å². The Labute approximate surface area is 460 Å². The molecule has 8 nitrogen and oxygen atoms in total. The van der Waals surface area contributed by atoms with Gasteiger partial charge in [0, 0.05) is 37.3 Å². The van der Waals surface area contributed by atoms with Crippen molar-refractivity contribution < 1.29 is 30.0 Å². The van der Waals surface area contributed by atoms with Crippen LogP contribution in [0.1, 0.15) is 337 Å². The molecule has 438 valence electrons. The first-order chi connectivity index (χ1) is 35.7. The molecule has 74 heavy (non-hydrogen) atoms. The summed E-state index contributed by atoms with van der Waals surface area (Å²) in [4.78, 5) is 24.7. The van der Waals surface area contributed by atoms with Crippen molar-refractivity contribution in [1.82, 2.24) is 9.80 Å². The van der Waals surface area contributed by atoms with Crippen molar-refractivity contribution in [1.29, 1.82) is 0 Å². The molecule has 6 unspecified atom stereocenters. The van der Waals surface area contributed by atoms with E-state index in [9.17, 15) is 9.59 Å². The minimum atomic E-state index is -1.23. The highest BCUT2D eigenvalue weighted by atomic mass is 16.4. The molecule has 0 aliphatic carbocycles. The largest absolute Gasteiger partial charge is 0.479 e. The molecule has 0 amide bonds. The molecule has 0 aliphatic rings. The number of carboxylic acid groups (broad SMARTS) is 2. The van der Waals surface area contributed by atoms with Crippen LogP contribution in [0.3, 0.4) is 0 Å². The first kappa shape index (κ1) is 74.1. The zero-order valence-electron chi connectivity index (χ0n) is 51.0. The number of aliphatic hydroxyl groups is 2. The average molecular weight is 1050 g/mol. The molecule has 0 saturated heterocycles. The van der Waals surface area contributed by atoms with Crippen molar-refractivity contribution in [3.63, 3.8) is 0 Å². The van der Waals surface area contributed by atoms with Crippen molar-refractivity contribution in [3.05, 3.63) is 35.4 Å². The summed E-state index contributed by atoms with van der Waals surface area (Å²) >= 11 is 0. The fraction of sp³-hybridized carbons (Fsp3) is 0.879. The molecule has 0 spiro atoms. The van der Waals surface area contributed by atoms with Gasteiger partial charge in [0.2, 0.25) is 0 Å². The van der Waals surface area contributed by atoms with E-state index in [1.54, 1.807) is 0 Å². The molecule has 0 radical (unpaired) electrons. The van der Waals surface area contributed by atoms with Gasteiger partial charge in [-0.15, -0.1) is 0 Å². The molecule has 1 aromatic carbocycles. The Balaban J connectivity index is 0. The third-order valence-corrected chi connectivity index (χ3v) is 15.6. The van der Waals surface area contributed by atoms with E-state index in [1.165, 1.54) is 282 Å². The summed E-state index contributed by atoms with van der Waals surface area (Å²) in [5.74, 6) is -2.37. The Morgan fingerprint density at radius 3 is 0.622 bits per heavy atom. The van der Waals surface area contributed by atoms with E-state index in [2.05, 4.69) is 89.5 Å². The van der Waals surface area contributed by atoms with Crippen LogP contribution in [0, 0.1) is 0 Å². The third kappa shape index (κ3) is 47.2. The maximum absolute atomic E-state index is 9.45. The molecule has 4 N–H and O–H groups in total. The molecule has 0 fully saturated rings. The van der Waals surface area contributed by atoms with Crippen molar-refractivity contribution in [2.45, 2.75) is 376 Å². The number of hydrogen-bond donors (Lipinski definition) is 4. The van der Waals surface area contributed by atoms with Gasteiger partial charge in [-0.2, -0.15) is 0 Å². The zero-order valence-corrected chi connectivity index (χ0v) is 51.0. The van der Waals surface area contributed by atoms with Crippen molar-refractivity contribution >= 4 is 11.9 Å². The number of aliphatic carboxylic acids is 2. The highest BCUT2D eigenvalue weighted by Crippen LogP contribution is 2.25. The Bertz CT molecular complexity index is 1170. The molecule has 0 heterocycles. The van der Waals surface area contributed by atoms with Crippen LogP contribution in [0.15, 0.2) is 24.3 Å². The Kier molecular flexibility index (Phi) is 54.4. The van der Waals surface area contributed by atoms with Gasteiger partial charge in [-0.3, -0.25) is 9.80 Å². The topological polar surface area (TPSA) is 122 Å². The molecule has 0 bridgehead atoms. The molecule has 6 atom stereocenters. The van der Waals surface area contributed by atoms with Crippen molar-refractivity contribution in [2.75, 3.05) is 0 Å². The fourth-order valence-electron chi connectivity index (χ4n) is 10.3. The van der Waals surface area contributed by atoms with Crippen LogP contribution < -0.4 is 0 Å². The van der Waals surface area contributed by atoms with Gasteiger partial charge in [-0.25, -0.2) is 9.59 Å². The van der Waals surface area contributed by atoms with Gasteiger partial charge >= 0.3 is 11.9 Å². The van der Waals surface area contributed by atoms with Gasteiger partial charge in [0.25, 0.3) is 0 Å². The molecular formula is C66H128N2O6. The Hall–Kier alpha value is -2.00. The summed E-state index contributed by atoms with van der Waals surface area (Å²) in [6.45, 7) is 24.1. The van der Waals surface area contributed by atoms with Crippen LogP contribution in [-0.2, 0) is 22.7 Å². The number of hydrogen-bond acceptors (Lipinski definition) is 6. The lowest BCUT2D eigenvalue weighted by molar-refractivity contribution is -0.146. The predicted octanol–water partition coefficient (Wildman–Crippen LogP) is 19.4. The normalized spacial score (nSPS) is 13.9. The second-order valence-corrected chi connectivity index (χ2v) is 23.1. The summed E-state index contributed by atoms with van der Waals surface area (Å²) in [7, 11) is 0. The predicted molar refractivity (Wildman–Crippen MR) is 321 cm³/mol. The molecule has 1 rings (SSSR count). The SMILES string of the molecule is CC(O)C(=O)O.CC(O)C(=O)O.CCCCCCCCCCCC(C)N(Cc1ccc(CN(C(C)CCCCCCCCCCC)C(C)CCCCCCCCCCC)cc1)C(C)CCCCCCCCCCC. The van der Waals surface area contributed by atoms with Gasteiger partial charge in [0.05, 0.1) is 0 Å². The molecule has 0 aliphatic heterocycles. The van der Waals surface area contributed by atoms with Gasteiger partial charge in [-0.1, -0.05) is 283 Å². The zero-order chi connectivity index (χ0) is 55.5.